The van der Waals surface area contributed by atoms with Gasteiger partial charge in [-0.2, -0.15) is 13.2 Å². The Labute approximate surface area is 129 Å². The number of hydrogen-bond donors (Lipinski definition) is 0. The van der Waals surface area contributed by atoms with Crippen molar-refractivity contribution in [2.45, 2.75) is 17.4 Å². The molecule has 1 unspecified atom stereocenters. The Morgan fingerprint density at radius 2 is 1.57 bits per heavy atom. The van der Waals surface area contributed by atoms with Crippen LogP contribution in [0.1, 0.15) is 21.5 Å². The van der Waals surface area contributed by atoms with Gasteiger partial charge >= 0.3 is 6.18 Å². The third-order valence-corrected chi connectivity index (χ3v) is 4.03. The van der Waals surface area contributed by atoms with Crippen LogP contribution in [0, 0.1) is 0 Å². The second kappa shape index (κ2) is 6.52. The van der Waals surface area contributed by atoms with Gasteiger partial charge in [0.2, 0.25) is 0 Å². The van der Waals surface area contributed by atoms with Crippen LogP contribution in [0.3, 0.4) is 0 Å². The van der Waals surface area contributed by atoms with Gasteiger partial charge in [0, 0.05) is 4.83 Å². The van der Waals surface area contributed by atoms with Crippen molar-refractivity contribution in [3.8, 4) is 5.75 Å². The zero-order chi connectivity index (χ0) is 15.5. The van der Waals surface area contributed by atoms with Crippen LogP contribution in [-0.4, -0.2) is 7.11 Å². The summed E-state index contributed by atoms with van der Waals surface area (Å²) in [5.74, 6) is 0.771. The maximum Gasteiger partial charge on any atom is 0.416 e. The normalized spacial score (nSPS) is 13.0. The van der Waals surface area contributed by atoms with E-state index in [1.807, 2.05) is 24.3 Å². The van der Waals surface area contributed by atoms with Crippen LogP contribution >= 0.6 is 15.9 Å². The second-order valence-electron chi connectivity index (χ2n) is 4.64. The van der Waals surface area contributed by atoms with Gasteiger partial charge < -0.3 is 4.74 Å². The molecule has 1 nitrogen and oxygen atoms in total. The minimum Gasteiger partial charge on any atom is -0.497 e. The minimum atomic E-state index is -4.29. The highest BCUT2D eigenvalue weighted by Crippen LogP contribution is 2.31. The summed E-state index contributed by atoms with van der Waals surface area (Å²) in [7, 11) is 1.60. The summed E-state index contributed by atoms with van der Waals surface area (Å²) in [5.41, 5.74) is 1.28. The Kier molecular flexibility index (Phi) is 4.93. The van der Waals surface area contributed by atoms with Gasteiger partial charge in [0.15, 0.2) is 0 Å². The number of alkyl halides is 4. The van der Waals surface area contributed by atoms with Crippen LogP contribution in [0.5, 0.6) is 5.75 Å². The van der Waals surface area contributed by atoms with Gasteiger partial charge in [0.05, 0.1) is 12.7 Å². The number of methoxy groups -OCH3 is 1. The van der Waals surface area contributed by atoms with Gasteiger partial charge in [-0.05, 0) is 41.8 Å². The number of hydrogen-bond acceptors (Lipinski definition) is 1. The van der Waals surface area contributed by atoms with Gasteiger partial charge in [-0.3, -0.25) is 0 Å². The molecule has 0 saturated heterocycles. The van der Waals surface area contributed by atoms with Crippen LogP contribution in [-0.2, 0) is 12.6 Å². The molecule has 0 bridgehead atoms. The predicted octanol–water partition coefficient (Wildman–Crippen LogP) is 5.39. The Balaban J connectivity index is 2.06. The van der Waals surface area contributed by atoms with Crippen LogP contribution in [0.2, 0.25) is 0 Å². The molecule has 1 atom stereocenters. The van der Waals surface area contributed by atoms with Crippen LogP contribution in [0.15, 0.2) is 48.5 Å². The summed E-state index contributed by atoms with van der Waals surface area (Å²) in [5, 5.41) is 0. The van der Waals surface area contributed by atoms with Gasteiger partial charge in [-0.15, -0.1) is 0 Å². The Morgan fingerprint density at radius 3 is 2.05 bits per heavy atom. The first-order valence-electron chi connectivity index (χ1n) is 6.34. The quantitative estimate of drug-likeness (QED) is 0.665. The number of halogens is 4. The van der Waals surface area contributed by atoms with Crippen molar-refractivity contribution in [3.63, 3.8) is 0 Å². The molecule has 0 aliphatic carbocycles. The molecule has 0 aliphatic rings. The van der Waals surface area contributed by atoms with Crippen LogP contribution in [0.25, 0.3) is 0 Å². The molecule has 0 aliphatic heterocycles. The van der Waals surface area contributed by atoms with Gasteiger partial charge in [-0.1, -0.05) is 40.2 Å². The fraction of sp³-hybridized carbons (Fsp3) is 0.250. The zero-order valence-electron chi connectivity index (χ0n) is 11.3. The van der Waals surface area contributed by atoms with E-state index in [1.165, 1.54) is 12.1 Å². The Morgan fingerprint density at radius 1 is 1.00 bits per heavy atom. The van der Waals surface area contributed by atoms with Gasteiger partial charge in [-0.25, -0.2) is 0 Å². The van der Waals surface area contributed by atoms with E-state index in [9.17, 15) is 13.2 Å². The van der Waals surface area contributed by atoms with E-state index < -0.39 is 11.7 Å². The molecule has 2 aromatic rings. The maximum absolute atomic E-state index is 12.5. The van der Waals surface area contributed by atoms with E-state index in [-0.39, 0.29) is 4.83 Å². The van der Waals surface area contributed by atoms with Crippen LogP contribution in [0.4, 0.5) is 13.2 Å². The van der Waals surface area contributed by atoms with E-state index in [2.05, 4.69) is 15.9 Å². The molecule has 21 heavy (non-hydrogen) atoms. The molecule has 0 heterocycles. The standard InChI is InChI=1S/C16H14BrF3O/c1-21-14-8-4-12(5-9-14)15(17)10-11-2-6-13(7-3-11)16(18,19)20/h2-9,15H,10H2,1H3. The van der Waals surface area contributed by atoms with Crippen molar-refractivity contribution in [2.24, 2.45) is 0 Å². The molecule has 0 N–H and O–H groups in total. The first-order chi connectivity index (χ1) is 9.90. The van der Waals surface area contributed by atoms with Crippen LogP contribution < -0.4 is 4.74 Å². The highest BCUT2D eigenvalue weighted by atomic mass is 79.9. The monoisotopic (exact) mass is 358 g/mol. The van der Waals surface area contributed by atoms with Crippen molar-refractivity contribution in [3.05, 3.63) is 65.2 Å². The third kappa shape index (κ3) is 4.24. The average Bonchev–Trinajstić information content (AvgIpc) is 2.47. The summed E-state index contributed by atoms with van der Waals surface area (Å²) in [6, 6.07) is 12.8. The largest absolute Gasteiger partial charge is 0.497 e. The lowest BCUT2D eigenvalue weighted by atomic mass is 10.0. The fourth-order valence-electron chi connectivity index (χ4n) is 1.97. The summed E-state index contributed by atoms with van der Waals surface area (Å²) < 4.78 is 42.6. The zero-order valence-corrected chi connectivity index (χ0v) is 12.9. The summed E-state index contributed by atoms with van der Waals surface area (Å²) in [6.07, 6.45) is -3.67. The summed E-state index contributed by atoms with van der Waals surface area (Å²) in [6.45, 7) is 0. The van der Waals surface area contributed by atoms with Crippen molar-refractivity contribution >= 4 is 15.9 Å². The highest BCUT2D eigenvalue weighted by Gasteiger charge is 2.29. The molecule has 0 aromatic heterocycles. The molecular formula is C16H14BrF3O. The molecule has 5 heteroatoms. The van der Waals surface area contributed by atoms with Gasteiger partial charge in [0.1, 0.15) is 5.75 Å². The first kappa shape index (κ1) is 15.9. The van der Waals surface area contributed by atoms with E-state index in [1.54, 1.807) is 7.11 Å². The molecule has 0 spiro atoms. The molecular weight excluding hydrogens is 345 g/mol. The van der Waals surface area contributed by atoms with Crippen molar-refractivity contribution in [1.29, 1.82) is 0 Å². The third-order valence-electron chi connectivity index (χ3n) is 3.17. The van der Waals surface area contributed by atoms with E-state index in [0.717, 1.165) is 29.0 Å². The lowest BCUT2D eigenvalue weighted by molar-refractivity contribution is -0.137. The van der Waals surface area contributed by atoms with Crippen molar-refractivity contribution in [1.82, 2.24) is 0 Å². The van der Waals surface area contributed by atoms with E-state index >= 15 is 0 Å². The molecule has 0 fully saturated rings. The van der Waals surface area contributed by atoms with Crippen molar-refractivity contribution < 1.29 is 17.9 Å². The van der Waals surface area contributed by atoms with E-state index in [0.29, 0.717) is 6.42 Å². The van der Waals surface area contributed by atoms with E-state index in [4.69, 9.17) is 4.74 Å². The predicted molar refractivity (Wildman–Crippen MR) is 79.8 cm³/mol. The molecule has 2 rings (SSSR count). The molecule has 0 saturated carbocycles. The number of ether oxygens (including phenoxy) is 1. The highest BCUT2D eigenvalue weighted by molar-refractivity contribution is 9.09. The molecule has 0 amide bonds. The summed E-state index contributed by atoms with van der Waals surface area (Å²) in [4.78, 5) is 0.0418. The lowest BCUT2D eigenvalue weighted by Gasteiger charge is -2.12. The maximum atomic E-state index is 12.5. The second-order valence-corrected chi connectivity index (χ2v) is 5.74. The first-order valence-corrected chi connectivity index (χ1v) is 7.26. The lowest BCUT2D eigenvalue weighted by Crippen LogP contribution is -2.05. The smallest absolute Gasteiger partial charge is 0.416 e. The average molecular weight is 359 g/mol. The SMILES string of the molecule is COc1ccc(C(Br)Cc2ccc(C(F)(F)F)cc2)cc1. The fourth-order valence-corrected chi connectivity index (χ4v) is 2.65. The molecule has 112 valence electrons. The summed E-state index contributed by atoms with van der Waals surface area (Å²) >= 11 is 3.56. The van der Waals surface area contributed by atoms with Gasteiger partial charge in [0.25, 0.3) is 0 Å². The number of benzene rings is 2. The Hall–Kier alpha value is -1.49. The molecule has 0 radical (unpaired) electrons. The topological polar surface area (TPSA) is 9.23 Å². The molecule has 2 aromatic carbocycles. The Bertz CT molecular complexity index is 576. The number of rotatable bonds is 4. The van der Waals surface area contributed by atoms with Crippen molar-refractivity contribution in [2.75, 3.05) is 7.11 Å². The minimum absolute atomic E-state index is 0.0418.